The van der Waals surface area contributed by atoms with E-state index in [4.69, 9.17) is 4.98 Å². The maximum atomic E-state index is 13.3. The van der Waals surface area contributed by atoms with E-state index in [0.29, 0.717) is 17.4 Å². The molecule has 0 spiro atoms. The number of pyridine rings is 1. The first kappa shape index (κ1) is 18.3. The van der Waals surface area contributed by atoms with E-state index in [-0.39, 0.29) is 11.9 Å². The second-order valence-corrected chi connectivity index (χ2v) is 8.00. The molecule has 0 unspecified atom stereocenters. The van der Waals surface area contributed by atoms with Gasteiger partial charge < -0.3 is 0 Å². The normalized spacial score (nSPS) is 11.3. The Morgan fingerprint density at radius 2 is 2.11 bits per heavy atom. The molecule has 0 aliphatic heterocycles. The predicted octanol–water partition coefficient (Wildman–Crippen LogP) is 4.62. The number of rotatable bonds is 5. The molecule has 142 valence electrons. The molecule has 4 aromatic rings. The summed E-state index contributed by atoms with van der Waals surface area (Å²) in [5.74, 6) is -0.168. The Morgan fingerprint density at radius 1 is 1.25 bits per heavy atom. The Hall–Kier alpha value is -3.06. The molecule has 0 fully saturated rings. The van der Waals surface area contributed by atoms with E-state index in [0.717, 1.165) is 15.8 Å². The van der Waals surface area contributed by atoms with E-state index in [1.54, 1.807) is 28.0 Å². The van der Waals surface area contributed by atoms with Crippen LogP contribution in [0.4, 0.5) is 5.13 Å². The van der Waals surface area contributed by atoms with Crippen molar-refractivity contribution in [3.8, 4) is 0 Å². The van der Waals surface area contributed by atoms with Gasteiger partial charge in [0.2, 0.25) is 0 Å². The van der Waals surface area contributed by atoms with Crippen molar-refractivity contribution < 1.29 is 4.79 Å². The topological polar surface area (TPSA) is 63.9 Å². The van der Waals surface area contributed by atoms with Crippen LogP contribution in [-0.2, 0) is 6.54 Å². The fraction of sp³-hybridized carbons (Fsp3) is 0.238. The average Bonchev–Trinajstić information content (AvgIpc) is 3.33. The third-order valence-electron chi connectivity index (χ3n) is 4.43. The van der Waals surface area contributed by atoms with Gasteiger partial charge in [0.1, 0.15) is 0 Å². The third-order valence-corrected chi connectivity index (χ3v) is 5.47. The van der Waals surface area contributed by atoms with Crippen LogP contribution in [0.25, 0.3) is 10.2 Å². The van der Waals surface area contributed by atoms with E-state index in [2.05, 4.69) is 23.1 Å². The van der Waals surface area contributed by atoms with Crippen LogP contribution in [0.1, 0.15) is 41.5 Å². The van der Waals surface area contributed by atoms with Gasteiger partial charge in [-0.05, 0) is 56.2 Å². The summed E-state index contributed by atoms with van der Waals surface area (Å²) in [6.07, 6.45) is 5.33. The van der Waals surface area contributed by atoms with Crippen molar-refractivity contribution in [1.29, 1.82) is 0 Å². The highest BCUT2D eigenvalue weighted by molar-refractivity contribution is 7.22. The van der Waals surface area contributed by atoms with Gasteiger partial charge in [0.15, 0.2) is 10.8 Å². The number of fused-ring (bicyclic) bond motifs is 1. The number of aryl methyl sites for hydroxylation is 1. The minimum absolute atomic E-state index is 0.168. The van der Waals surface area contributed by atoms with Crippen LogP contribution in [0.15, 0.2) is 55.0 Å². The van der Waals surface area contributed by atoms with E-state index in [1.807, 2.05) is 44.3 Å². The number of carbonyl (C=O) groups is 1. The zero-order valence-electron chi connectivity index (χ0n) is 16.0. The summed E-state index contributed by atoms with van der Waals surface area (Å²) in [6, 6.07) is 11.9. The number of aromatic nitrogens is 4. The molecule has 0 atom stereocenters. The standard InChI is InChI=1S/C21H21N5OS/c1-14(2)26-10-8-18(24-26)20(27)25(13-16-5-4-9-22-12-16)21-23-17-7-6-15(3)11-19(17)28-21/h4-12,14H,13H2,1-3H3. The monoisotopic (exact) mass is 391 g/mol. The van der Waals surface area contributed by atoms with Crippen LogP contribution in [0.3, 0.4) is 0 Å². The molecule has 1 amide bonds. The van der Waals surface area contributed by atoms with Gasteiger partial charge in [-0.15, -0.1) is 0 Å². The lowest BCUT2D eigenvalue weighted by atomic mass is 10.2. The van der Waals surface area contributed by atoms with Crippen molar-refractivity contribution in [3.05, 3.63) is 71.8 Å². The molecule has 6 nitrogen and oxygen atoms in total. The van der Waals surface area contributed by atoms with Gasteiger partial charge >= 0.3 is 0 Å². The van der Waals surface area contributed by atoms with Crippen LogP contribution in [0.2, 0.25) is 0 Å². The molecular formula is C21H21N5OS. The van der Waals surface area contributed by atoms with Crippen molar-refractivity contribution in [2.75, 3.05) is 4.90 Å². The first-order valence-corrected chi connectivity index (χ1v) is 9.96. The molecule has 4 rings (SSSR count). The molecule has 0 saturated heterocycles. The molecule has 1 aromatic carbocycles. The zero-order valence-corrected chi connectivity index (χ0v) is 16.8. The number of hydrogen-bond donors (Lipinski definition) is 0. The predicted molar refractivity (Wildman–Crippen MR) is 112 cm³/mol. The molecule has 28 heavy (non-hydrogen) atoms. The highest BCUT2D eigenvalue weighted by atomic mass is 32.1. The summed E-state index contributed by atoms with van der Waals surface area (Å²) in [6.45, 7) is 6.51. The quantitative estimate of drug-likeness (QED) is 0.498. The Balaban J connectivity index is 1.74. The maximum absolute atomic E-state index is 13.3. The number of benzene rings is 1. The summed E-state index contributed by atoms with van der Waals surface area (Å²) < 4.78 is 2.85. The Bertz CT molecular complexity index is 1120. The Labute approximate surface area is 167 Å². The third kappa shape index (κ3) is 3.66. The van der Waals surface area contributed by atoms with Crippen LogP contribution < -0.4 is 4.90 Å². The molecule has 0 saturated carbocycles. The summed E-state index contributed by atoms with van der Waals surface area (Å²) in [5, 5.41) is 5.11. The van der Waals surface area contributed by atoms with Gasteiger partial charge in [0.25, 0.3) is 5.91 Å². The van der Waals surface area contributed by atoms with Crippen molar-refractivity contribution >= 4 is 32.6 Å². The summed E-state index contributed by atoms with van der Waals surface area (Å²) in [5.41, 5.74) is 3.41. The number of thiazole rings is 1. The van der Waals surface area contributed by atoms with Crippen molar-refractivity contribution in [1.82, 2.24) is 19.7 Å². The lowest BCUT2D eigenvalue weighted by Gasteiger charge is -2.18. The lowest BCUT2D eigenvalue weighted by molar-refractivity contribution is 0.0979. The first-order valence-electron chi connectivity index (χ1n) is 9.14. The van der Waals surface area contributed by atoms with Gasteiger partial charge in [-0.25, -0.2) is 4.98 Å². The molecule has 3 aromatic heterocycles. The maximum Gasteiger partial charge on any atom is 0.280 e. The molecule has 0 aliphatic rings. The SMILES string of the molecule is Cc1ccc2nc(N(Cc3cccnc3)C(=O)c3ccn(C(C)C)n3)sc2c1. The van der Waals surface area contributed by atoms with Crippen LogP contribution in [0, 0.1) is 6.92 Å². The average molecular weight is 392 g/mol. The number of anilines is 1. The Kier molecular flexibility index (Phi) is 4.92. The van der Waals surface area contributed by atoms with Crippen molar-refractivity contribution in [3.63, 3.8) is 0 Å². The minimum Gasteiger partial charge on any atom is -0.278 e. The molecule has 3 heterocycles. The second-order valence-electron chi connectivity index (χ2n) is 6.99. The van der Waals surface area contributed by atoms with Gasteiger partial charge in [0.05, 0.1) is 16.8 Å². The van der Waals surface area contributed by atoms with E-state index < -0.39 is 0 Å². The lowest BCUT2D eigenvalue weighted by Crippen LogP contribution is -2.31. The van der Waals surface area contributed by atoms with Gasteiger partial charge in [-0.2, -0.15) is 5.10 Å². The Morgan fingerprint density at radius 3 is 2.82 bits per heavy atom. The van der Waals surface area contributed by atoms with Crippen LogP contribution in [-0.4, -0.2) is 25.7 Å². The fourth-order valence-corrected chi connectivity index (χ4v) is 3.98. The molecule has 7 heteroatoms. The molecule has 0 N–H and O–H groups in total. The minimum atomic E-state index is -0.168. The summed E-state index contributed by atoms with van der Waals surface area (Å²) >= 11 is 1.51. The molecular weight excluding hydrogens is 370 g/mol. The zero-order chi connectivity index (χ0) is 19.7. The summed E-state index contributed by atoms with van der Waals surface area (Å²) in [4.78, 5) is 23.9. The molecule has 0 bridgehead atoms. The fourth-order valence-electron chi connectivity index (χ4n) is 2.91. The van der Waals surface area contributed by atoms with E-state index in [9.17, 15) is 4.79 Å². The number of amides is 1. The number of hydrogen-bond acceptors (Lipinski definition) is 5. The van der Waals surface area contributed by atoms with E-state index >= 15 is 0 Å². The van der Waals surface area contributed by atoms with Gasteiger partial charge in [-0.1, -0.05) is 23.5 Å². The van der Waals surface area contributed by atoms with Gasteiger partial charge in [0, 0.05) is 24.6 Å². The van der Waals surface area contributed by atoms with Gasteiger partial charge in [-0.3, -0.25) is 19.4 Å². The van der Waals surface area contributed by atoms with Crippen LogP contribution in [0.5, 0.6) is 0 Å². The molecule has 0 radical (unpaired) electrons. The smallest absolute Gasteiger partial charge is 0.278 e. The highest BCUT2D eigenvalue weighted by Gasteiger charge is 2.24. The number of nitrogens with zero attached hydrogens (tertiary/aromatic N) is 5. The van der Waals surface area contributed by atoms with Crippen molar-refractivity contribution in [2.24, 2.45) is 0 Å². The summed E-state index contributed by atoms with van der Waals surface area (Å²) in [7, 11) is 0. The van der Waals surface area contributed by atoms with Crippen LogP contribution >= 0.6 is 11.3 Å². The first-order chi connectivity index (χ1) is 13.5. The van der Waals surface area contributed by atoms with E-state index in [1.165, 1.54) is 16.9 Å². The largest absolute Gasteiger partial charge is 0.280 e. The molecule has 0 aliphatic carbocycles. The number of carbonyl (C=O) groups excluding carboxylic acids is 1. The highest BCUT2D eigenvalue weighted by Crippen LogP contribution is 2.31. The van der Waals surface area contributed by atoms with Crippen molar-refractivity contribution in [2.45, 2.75) is 33.4 Å². The second kappa shape index (κ2) is 7.52.